The Kier molecular flexibility index (Phi) is 2.08. The number of rotatable bonds is 2. The minimum absolute atomic E-state index is 0.329. The van der Waals surface area contributed by atoms with Crippen LogP contribution in [0.5, 0.6) is 0 Å². The van der Waals surface area contributed by atoms with Crippen LogP contribution in [-0.2, 0) is 20.1 Å². The minimum Gasteiger partial charge on any atom is -0.425 e. The third-order valence-corrected chi connectivity index (χ3v) is 2.59. The molecule has 1 aromatic rings. The minimum atomic E-state index is -0.889. The quantitative estimate of drug-likeness (QED) is 0.550. The fraction of sp³-hybridized carbons (Fsp3) is 0.417. The number of hydrogen-bond acceptors (Lipinski definition) is 3. The van der Waals surface area contributed by atoms with E-state index in [1.807, 2.05) is 44.2 Å². The van der Waals surface area contributed by atoms with Crippen molar-refractivity contribution in [1.29, 1.82) is 0 Å². The lowest BCUT2D eigenvalue weighted by Gasteiger charge is -2.15. The number of hydrogen-bond donors (Lipinski definition) is 0. The number of ether oxygens (including phenoxy) is 2. The predicted octanol–water partition coefficient (Wildman–Crippen LogP) is 2.21. The molecule has 15 heavy (non-hydrogen) atoms. The van der Waals surface area contributed by atoms with Crippen molar-refractivity contribution < 1.29 is 14.3 Å². The Morgan fingerprint density at radius 3 is 2.20 bits per heavy atom. The normalized spacial score (nSPS) is 27.1. The number of esters is 1. The van der Waals surface area contributed by atoms with Gasteiger partial charge in [-0.1, -0.05) is 30.3 Å². The maximum absolute atomic E-state index is 11.1. The molecule has 0 spiro atoms. The third kappa shape index (κ3) is 1.53. The summed E-state index contributed by atoms with van der Waals surface area (Å²) in [7, 11) is 0. The Labute approximate surface area is 89.0 Å². The first-order chi connectivity index (χ1) is 6.98. The number of carbonyl (C=O) groups excluding carboxylic acids is 1. The second kappa shape index (κ2) is 3.07. The van der Waals surface area contributed by atoms with Gasteiger partial charge >= 0.3 is 5.97 Å². The van der Waals surface area contributed by atoms with Crippen LogP contribution in [0.15, 0.2) is 30.3 Å². The predicted molar refractivity (Wildman–Crippen MR) is 55.1 cm³/mol. The maximum Gasteiger partial charge on any atom is 0.305 e. The summed E-state index contributed by atoms with van der Waals surface area (Å²) in [4.78, 5) is 11.1. The zero-order valence-electron chi connectivity index (χ0n) is 9.11. The first-order valence-electron chi connectivity index (χ1n) is 4.93. The molecule has 0 saturated carbocycles. The van der Waals surface area contributed by atoms with Crippen molar-refractivity contribution in [3.63, 3.8) is 0 Å². The molecule has 3 nitrogen and oxygen atoms in total. The molecule has 1 fully saturated rings. The Morgan fingerprint density at radius 2 is 1.80 bits per heavy atom. The van der Waals surface area contributed by atoms with Crippen LogP contribution < -0.4 is 0 Å². The van der Waals surface area contributed by atoms with Crippen LogP contribution >= 0.6 is 0 Å². The van der Waals surface area contributed by atoms with Crippen LogP contribution in [0.4, 0.5) is 0 Å². The van der Waals surface area contributed by atoms with Gasteiger partial charge in [-0.2, -0.15) is 0 Å². The molecule has 80 valence electrons. The molecule has 1 aromatic carbocycles. The van der Waals surface area contributed by atoms with E-state index in [-0.39, 0.29) is 5.97 Å². The van der Waals surface area contributed by atoms with Gasteiger partial charge in [0, 0.05) is 12.5 Å². The number of carbonyl (C=O) groups is 1. The first kappa shape index (κ1) is 10.2. The summed E-state index contributed by atoms with van der Waals surface area (Å²) < 4.78 is 10.8. The van der Waals surface area contributed by atoms with E-state index < -0.39 is 11.4 Å². The average molecular weight is 206 g/mol. The summed E-state index contributed by atoms with van der Waals surface area (Å²) in [6.45, 7) is 5.20. The van der Waals surface area contributed by atoms with Gasteiger partial charge in [-0.05, 0) is 13.8 Å². The highest BCUT2D eigenvalue weighted by Gasteiger charge is 2.68. The molecule has 1 unspecified atom stereocenters. The molecule has 1 heterocycles. The fourth-order valence-corrected chi connectivity index (χ4v) is 1.80. The molecule has 0 aliphatic carbocycles. The maximum atomic E-state index is 11.1. The van der Waals surface area contributed by atoms with E-state index in [0.29, 0.717) is 0 Å². The van der Waals surface area contributed by atoms with Crippen LogP contribution in [0.25, 0.3) is 0 Å². The summed E-state index contributed by atoms with van der Waals surface area (Å²) >= 11 is 0. The Balaban J connectivity index is 2.35. The molecule has 1 aliphatic rings. The van der Waals surface area contributed by atoms with Crippen molar-refractivity contribution in [1.82, 2.24) is 0 Å². The fourth-order valence-electron chi connectivity index (χ4n) is 1.80. The van der Waals surface area contributed by atoms with Gasteiger partial charge in [-0.25, -0.2) is 0 Å². The Bertz CT molecular complexity index is 383. The van der Waals surface area contributed by atoms with Gasteiger partial charge in [0.15, 0.2) is 0 Å². The van der Waals surface area contributed by atoms with Crippen molar-refractivity contribution >= 4 is 5.97 Å². The zero-order valence-corrected chi connectivity index (χ0v) is 9.11. The molecule has 0 amide bonds. The van der Waals surface area contributed by atoms with Gasteiger partial charge in [-0.15, -0.1) is 0 Å². The largest absolute Gasteiger partial charge is 0.425 e. The van der Waals surface area contributed by atoms with E-state index >= 15 is 0 Å². The van der Waals surface area contributed by atoms with Crippen LogP contribution in [0.2, 0.25) is 0 Å². The van der Waals surface area contributed by atoms with Crippen molar-refractivity contribution in [2.24, 2.45) is 0 Å². The smallest absolute Gasteiger partial charge is 0.305 e. The van der Waals surface area contributed by atoms with Crippen LogP contribution in [0, 0.1) is 0 Å². The number of epoxide rings is 1. The highest BCUT2D eigenvalue weighted by Crippen LogP contribution is 2.56. The topological polar surface area (TPSA) is 38.8 Å². The molecule has 0 radical (unpaired) electrons. The molecule has 1 atom stereocenters. The summed E-state index contributed by atoms with van der Waals surface area (Å²) in [6, 6.07) is 9.52. The van der Waals surface area contributed by atoms with E-state index in [0.717, 1.165) is 5.56 Å². The van der Waals surface area contributed by atoms with Gasteiger partial charge in [0.1, 0.15) is 5.60 Å². The lowest BCUT2D eigenvalue weighted by Crippen LogP contribution is -2.24. The van der Waals surface area contributed by atoms with E-state index in [2.05, 4.69) is 0 Å². The van der Waals surface area contributed by atoms with Gasteiger partial charge in [0.25, 0.3) is 5.79 Å². The van der Waals surface area contributed by atoms with Gasteiger partial charge in [0.05, 0.1) is 0 Å². The summed E-state index contributed by atoms with van der Waals surface area (Å²) in [5, 5.41) is 0. The van der Waals surface area contributed by atoms with Gasteiger partial charge < -0.3 is 9.47 Å². The van der Waals surface area contributed by atoms with Crippen molar-refractivity contribution in [3.05, 3.63) is 35.9 Å². The molecule has 2 rings (SSSR count). The van der Waals surface area contributed by atoms with Crippen molar-refractivity contribution in [2.45, 2.75) is 32.2 Å². The van der Waals surface area contributed by atoms with Crippen molar-refractivity contribution in [2.75, 3.05) is 0 Å². The summed E-state index contributed by atoms with van der Waals surface area (Å²) in [5.74, 6) is -1.22. The van der Waals surface area contributed by atoms with Crippen LogP contribution in [0.1, 0.15) is 26.3 Å². The highest BCUT2D eigenvalue weighted by molar-refractivity contribution is 5.67. The standard InChI is InChI=1S/C12H14O3/c1-9(13)14-12(11(2,3)15-12)10-7-5-4-6-8-10/h4-8H,1-3H3. The highest BCUT2D eigenvalue weighted by atomic mass is 16.8. The summed E-state index contributed by atoms with van der Waals surface area (Å²) in [6.07, 6.45) is 0. The molecule has 0 aromatic heterocycles. The molecule has 0 bridgehead atoms. The zero-order chi connectivity index (χ0) is 11.1. The second-order valence-corrected chi connectivity index (χ2v) is 4.19. The van der Waals surface area contributed by atoms with Crippen LogP contribution in [-0.4, -0.2) is 11.6 Å². The molecular formula is C12H14O3. The Morgan fingerprint density at radius 1 is 1.27 bits per heavy atom. The van der Waals surface area contributed by atoms with E-state index in [1.54, 1.807) is 0 Å². The average Bonchev–Trinajstić information content (AvgIpc) is 2.70. The van der Waals surface area contributed by atoms with Crippen LogP contribution in [0.3, 0.4) is 0 Å². The second-order valence-electron chi connectivity index (χ2n) is 4.19. The summed E-state index contributed by atoms with van der Waals surface area (Å²) in [5.41, 5.74) is 0.435. The van der Waals surface area contributed by atoms with Gasteiger partial charge in [-0.3, -0.25) is 4.79 Å². The van der Waals surface area contributed by atoms with E-state index in [4.69, 9.17) is 9.47 Å². The number of benzene rings is 1. The SMILES string of the molecule is CC(=O)OC1(c2ccccc2)OC1(C)C. The third-order valence-electron chi connectivity index (χ3n) is 2.59. The van der Waals surface area contributed by atoms with Gasteiger partial charge in [0.2, 0.25) is 0 Å². The van der Waals surface area contributed by atoms with E-state index in [1.165, 1.54) is 6.92 Å². The molecule has 1 aliphatic heterocycles. The lowest BCUT2D eigenvalue weighted by atomic mass is 9.99. The molecule has 1 saturated heterocycles. The van der Waals surface area contributed by atoms with Crippen molar-refractivity contribution in [3.8, 4) is 0 Å². The Hall–Kier alpha value is -1.35. The molecule has 3 heteroatoms. The first-order valence-corrected chi connectivity index (χ1v) is 4.93. The van der Waals surface area contributed by atoms with E-state index in [9.17, 15) is 4.79 Å². The monoisotopic (exact) mass is 206 g/mol. The lowest BCUT2D eigenvalue weighted by molar-refractivity contribution is -0.157. The molecular weight excluding hydrogens is 192 g/mol. The molecule has 0 N–H and O–H groups in total.